The summed E-state index contributed by atoms with van der Waals surface area (Å²) < 4.78 is 32.7. The number of ether oxygens (including phenoxy) is 1. The van der Waals surface area contributed by atoms with Crippen molar-refractivity contribution in [2.24, 2.45) is 0 Å². The lowest BCUT2D eigenvalue weighted by molar-refractivity contribution is 0.410. The summed E-state index contributed by atoms with van der Waals surface area (Å²) in [5.41, 5.74) is 2.53. The largest absolute Gasteiger partial charge is 0.496 e. The highest BCUT2D eigenvalue weighted by molar-refractivity contribution is 7.92. The number of sulfonamides is 1. The van der Waals surface area contributed by atoms with Gasteiger partial charge in [0.25, 0.3) is 10.0 Å². The zero-order chi connectivity index (χ0) is 20.0. The van der Waals surface area contributed by atoms with Gasteiger partial charge >= 0.3 is 0 Å². The molecule has 3 aromatic rings. The monoisotopic (exact) mass is 397 g/mol. The second-order valence-corrected chi connectivity index (χ2v) is 8.02. The molecule has 7 heteroatoms. The minimum Gasteiger partial charge on any atom is -0.496 e. The fourth-order valence-electron chi connectivity index (χ4n) is 2.73. The number of nitrogens with zero attached hydrogens (tertiary/aromatic N) is 1. The number of methoxy groups -OCH3 is 1. The van der Waals surface area contributed by atoms with E-state index in [-0.39, 0.29) is 4.90 Å². The van der Waals surface area contributed by atoms with Crippen LogP contribution in [0, 0.1) is 6.92 Å². The minimum absolute atomic E-state index is 0.220. The van der Waals surface area contributed by atoms with Gasteiger partial charge in [0.1, 0.15) is 11.6 Å². The topological polar surface area (TPSA) is 80.3 Å². The number of rotatable bonds is 8. The molecule has 1 heterocycles. The van der Waals surface area contributed by atoms with Crippen LogP contribution in [0.1, 0.15) is 11.1 Å². The van der Waals surface area contributed by atoms with Gasteiger partial charge in [-0.15, -0.1) is 0 Å². The van der Waals surface area contributed by atoms with E-state index in [2.05, 4.69) is 15.0 Å². The highest BCUT2D eigenvalue weighted by Gasteiger charge is 2.14. The van der Waals surface area contributed by atoms with Crippen LogP contribution in [0.3, 0.4) is 0 Å². The molecule has 1 aromatic heterocycles. The quantitative estimate of drug-likeness (QED) is 0.603. The zero-order valence-electron chi connectivity index (χ0n) is 15.8. The van der Waals surface area contributed by atoms with Crippen LogP contribution < -0.4 is 14.8 Å². The van der Waals surface area contributed by atoms with Crippen LogP contribution in [0.2, 0.25) is 0 Å². The van der Waals surface area contributed by atoms with Crippen LogP contribution in [-0.4, -0.2) is 27.1 Å². The third-order valence-electron chi connectivity index (χ3n) is 4.24. The molecule has 0 saturated carbocycles. The predicted octanol–water partition coefficient (Wildman–Crippen LogP) is 3.85. The first kappa shape index (κ1) is 19.7. The van der Waals surface area contributed by atoms with Gasteiger partial charge in [0.2, 0.25) is 0 Å². The normalized spacial score (nSPS) is 11.1. The second-order valence-electron chi connectivity index (χ2n) is 6.34. The predicted molar refractivity (Wildman–Crippen MR) is 111 cm³/mol. The van der Waals surface area contributed by atoms with Gasteiger partial charge < -0.3 is 10.1 Å². The molecular formula is C21H23N3O3S. The van der Waals surface area contributed by atoms with Crippen molar-refractivity contribution in [3.8, 4) is 5.75 Å². The Kier molecular flexibility index (Phi) is 6.16. The lowest BCUT2D eigenvalue weighted by Gasteiger charge is -2.11. The van der Waals surface area contributed by atoms with E-state index in [4.69, 9.17) is 4.74 Å². The SMILES string of the molecule is COc1ccccc1CCNc1ccc(NS(=O)(=O)c2ccc(C)cc2)cn1. The van der Waals surface area contributed by atoms with Crippen LogP contribution >= 0.6 is 0 Å². The summed E-state index contributed by atoms with van der Waals surface area (Å²) in [6.07, 6.45) is 2.28. The number of nitrogens with one attached hydrogen (secondary N) is 2. The molecule has 28 heavy (non-hydrogen) atoms. The van der Waals surface area contributed by atoms with Gasteiger partial charge in [-0.3, -0.25) is 4.72 Å². The van der Waals surface area contributed by atoms with Gasteiger partial charge in [0.15, 0.2) is 0 Å². The molecule has 6 nitrogen and oxygen atoms in total. The first-order valence-corrected chi connectivity index (χ1v) is 10.4. The maximum atomic E-state index is 12.4. The number of benzene rings is 2. The molecule has 2 aromatic carbocycles. The number of hydrogen-bond acceptors (Lipinski definition) is 5. The highest BCUT2D eigenvalue weighted by Crippen LogP contribution is 2.19. The van der Waals surface area contributed by atoms with Crippen LogP contribution in [0.5, 0.6) is 5.75 Å². The molecule has 0 radical (unpaired) electrons. The molecule has 146 valence electrons. The third-order valence-corrected chi connectivity index (χ3v) is 5.64. The van der Waals surface area contributed by atoms with E-state index in [1.54, 1.807) is 43.5 Å². The van der Waals surface area contributed by atoms with Crippen LogP contribution in [-0.2, 0) is 16.4 Å². The third kappa shape index (κ3) is 5.01. The maximum absolute atomic E-state index is 12.4. The first-order valence-electron chi connectivity index (χ1n) is 8.89. The molecule has 0 fully saturated rings. The Morgan fingerprint density at radius 2 is 1.75 bits per heavy atom. The molecule has 0 bridgehead atoms. The summed E-state index contributed by atoms with van der Waals surface area (Å²) in [5.74, 6) is 1.53. The minimum atomic E-state index is -3.63. The van der Waals surface area contributed by atoms with Gasteiger partial charge in [0, 0.05) is 6.54 Å². The van der Waals surface area contributed by atoms with E-state index >= 15 is 0 Å². The number of hydrogen-bond donors (Lipinski definition) is 2. The van der Waals surface area contributed by atoms with Crippen LogP contribution in [0.25, 0.3) is 0 Å². The fourth-order valence-corrected chi connectivity index (χ4v) is 3.77. The van der Waals surface area contributed by atoms with E-state index in [1.165, 1.54) is 6.20 Å². The highest BCUT2D eigenvalue weighted by atomic mass is 32.2. The van der Waals surface area contributed by atoms with E-state index < -0.39 is 10.0 Å². The Bertz CT molecular complexity index is 1020. The molecule has 0 atom stereocenters. The molecular weight excluding hydrogens is 374 g/mol. The van der Waals surface area contributed by atoms with Crippen molar-refractivity contribution >= 4 is 21.5 Å². The summed E-state index contributed by atoms with van der Waals surface area (Å²) in [4.78, 5) is 4.49. The van der Waals surface area contributed by atoms with Gasteiger partial charge in [-0.2, -0.15) is 0 Å². The van der Waals surface area contributed by atoms with Gasteiger partial charge in [-0.1, -0.05) is 35.9 Å². The van der Waals surface area contributed by atoms with E-state index in [0.29, 0.717) is 18.1 Å². The number of aromatic nitrogens is 1. The lowest BCUT2D eigenvalue weighted by atomic mass is 10.1. The summed E-state index contributed by atoms with van der Waals surface area (Å²) in [6, 6.07) is 18.0. The van der Waals surface area contributed by atoms with Crippen LogP contribution in [0.15, 0.2) is 71.8 Å². The smallest absolute Gasteiger partial charge is 0.261 e. The fraction of sp³-hybridized carbons (Fsp3) is 0.190. The molecule has 0 unspecified atom stereocenters. The summed E-state index contributed by atoms with van der Waals surface area (Å²) in [5, 5.41) is 3.23. The molecule has 0 saturated heterocycles. The Morgan fingerprint density at radius 1 is 1.00 bits per heavy atom. The number of pyridine rings is 1. The molecule has 3 rings (SSSR count). The summed E-state index contributed by atoms with van der Waals surface area (Å²) >= 11 is 0. The molecule has 0 spiro atoms. The standard InChI is InChI=1S/C21H23N3O3S/c1-16-7-10-19(11-8-16)28(25,26)24-18-9-12-21(23-15-18)22-14-13-17-5-3-4-6-20(17)27-2/h3-12,15,24H,13-14H2,1-2H3,(H,22,23). The Labute approximate surface area is 165 Å². The van der Waals surface area contributed by atoms with Gasteiger partial charge in [0.05, 0.1) is 23.9 Å². The summed E-state index contributed by atoms with van der Waals surface area (Å²) in [6.45, 7) is 2.59. The number of para-hydroxylation sites is 1. The number of aryl methyl sites for hydroxylation is 1. The Balaban J connectivity index is 1.58. The van der Waals surface area contributed by atoms with E-state index in [1.807, 2.05) is 31.2 Å². The maximum Gasteiger partial charge on any atom is 0.261 e. The van der Waals surface area contributed by atoms with Crippen molar-refractivity contribution in [2.75, 3.05) is 23.7 Å². The summed E-state index contributed by atoms with van der Waals surface area (Å²) in [7, 11) is -1.97. The van der Waals surface area contributed by atoms with Crippen molar-refractivity contribution < 1.29 is 13.2 Å². The number of anilines is 2. The molecule has 0 amide bonds. The van der Waals surface area contributed by atoms with E-state index in [9.17, 15) is 8.42 Å². The van der Waals surface area contributed by atoms with Crippen molar-refractivity contribution in [3.05, 3.63) is 78.0 Å². The molecule has 0 aliphatic heterocycles. The van der Waals surface area contributed by atoms with Gasteiger partial charge in [-0.05, 0) is 49.2 Å². The second kappa shape index (κ2) is 8.75. The molecule has 0 aliphatic rings. The van der Waals surface area contributed by atoms with Crippen molar-refractivity contribution in [1.82, 2.24) is 4.98 Å². The van der Waals surface area contributed by atoms with Crippen LogP contribution in [0.4, 0.5) is 11.5 Å². The average Bonchev–Trinajstić information content (AvgIpc) is 2.70. The Morgan fingerprint density at radius 3 is 2.43 bits per heavy atom. The molecule has 2 N–H and O–H groups in total. The average molecular weight is 398 g/mol. The lowest BCUT2D eigenvalue weighted by Crippen LogP contribution is -2.13. The van der Waals surface area contributed by atoms with Gasteiger partial charge in [-0.25, -0.2) is 13.4 Å². The molecule has 0 aliphatic carbocycles. The van der Waals surface area contributed by atoms with Crippen molar-refractivity contribution in [3.63, 3.8) is 0 Å². The Hall–Kier alpha value is -3.06. The zero-order valence-corrected chi connectivity index (χ0v) is 16.7. The van der Waals surface area contributed by atoms with E-state index in [0.717, 1.165) is 23.3 Å². The van der Waals surface area contributed by atoms with Crippen molar-refractivity contribution in [1.29, 1.82) is 0 Å². The first-order chi connectivity index (χ1) is 13.5. The van der Waals surface area contributed by atoms with Crippen molar-refractivity contribution in [2.45, 2.75) is 18.2 Å².